The third-order valence-corrected chi connectivity index (χ3v) is 8.23. The summed E-state index contributed by atoms with van der Waals surface area (Å²) in [5.74, 6) is 3.17. The van der Waals surface area contributed by atoms with Crippen LogP contribution in [0.2, 0.25) is 0 Å². The number of rotatable bonds is 23. The van der Waals surface area contributed by atoms with E-state index in [4.69, 9.17) is 23.7 Å². The van der Waals surface area contributed by atoms with E-state index in [1.807, 2.05) is 56.3 Å². The van der Waals surface area contributed by atoms with E-state index in [1.54, 1.807) is 0 Å². The van der Waals surface area contributed by atoms with Crippen LogP contribution in [0.4, 0.5) is 5.69 Å². The number of carbonyl (C=O) groups is 1. The third kappa shape index (κ3) is 13.3. The molecule has 4 rings (SSSR count). The zero-order valence-electron chi connectivity index (χ0n) is 30.4. The molecule has 0 N–H and O–H groups in total. The van der Waals surface area contributed by atoms with Crippen molar-refractivity contribution in [2.75, 3.05) is 13.2 Å². The minimum Gasteiger partial charge on any atom is -0.494 e. The zero-order valence-corrected chi connectivity index (χ0v) is 30.4. The van der Waals surface area contributed by atoms with Crippen molar-refractivity contribution < 1.29 is 33.4 Å². The predicted octanol–water partition coefficient (Wildman–Crippen LogP) is 10.7. The van der Waals surface area contributed by atoms with E-state index in [-0.39, 0.29) is 17.9 Å². The molecule has 0 aliphatic heterocycles. The number of hydrogen-bond donors (Lipinski definition) is 0. The first kappa shape index (κ1) is 38.7. The van der Waals surface area contributed by atoms with Gasteiger partial charge in [-0.1, -0.05) is 64.5 Å². The summed E-state index contributed by atoms with van der Waals surface area (Å²) in [6.45, 7) is 10.6. The number of aldehydes is 1. The van der Waals surface area contributed by atoms with Crippen molar-refractivity contribution in [2.45, 2.75) is 98.9 Å². The Hall–Kier alpha value is -5.05. The molecule has 4 aromatic rings. The average molecular weight is 698 g/mol. The maximum Gasteiger partial charge on any atom is 0.280 e. The van der Waals surface area contributed by atoms with Gasteiger partial charge in [-0.2, -0.15) is 0 Å². The molecule has 0 saturated heterocycles. The number of benzene rings is 4. The van der Waals surface area contributed by atoms with Crippen LogP contribution in [0.15, 0.2) is 72.8 Å². The molecule has 0 fully saturated rings. The van der Waals surface area contributed by atoms with Crippen molar-refractivity contribution in [1.82, 2.24) is 0 Å². The topological polar surface area (TPSA) is 106 Å². The van der Waals surface area contributed by atoms with Crippen LogP contribution in [0, 0.1) is 24.0 Å². The summed E-state index contributed by atoms with van der Waals surface area (Å²) in [6, 6.07) is 22.0. The summed E-state index contributed by atoms with van der Waals surface area (Å²) in [6.07, 6.45) is 9.60. The Labute approximate surface area is 302 Å². The lowest BCUT2D eigenvalue weighted by Gasteiger charge is -2.15. The van der Waals surface area contributed by atoms with Crippen molar-refractivity contribution >= 4 is 12.0 Å². The first-order valence-electron chi connectivity index (χ1n) is 18.0. The number of unbranched alkanes of at least 4 members (excludes halogenated alkanes) is 6. The van der Waals surface area contributed by atoms with E-state index < -0.39 is 4.92 Å². The zero-order chi connectivity index (χ0) is 36.4. The van der Waals surface area contributed by atoms with Crippen LogP contribution in [0.5, 0.6) is 28.7 Å². The van der Waals surface area contributed by atoms with Gasteiger partial charge >= 0.3 is 0 Å². The number of aryl methyl sites for hydroxylation is 2. The second kappa shape index (κ2) is 20.6. The van der Waals surface area contributed by atoms with E-state index in [1.165, 1.54) is 43.9 Å². The number of nitro benzene ring substituents is 1. The fourth-order valence-corrected chi connectivity index (χ4v) is 5.68. The Kier molecular flexibility index (Phi) is 15.6. The molecule has 51 heavy (non-hydrogen) atoms. The lowest BCUT2D eigenvalue weighted by molar-refractivity contribution is -0.385. The summed E-state index contributed by atoms with van der Waals surface area (Å²) >= 11 is 0. The molecule has 0 aliphatic rings. The smallest absolute Gasteiger partial charge is 0.280 e. The second-order valence-electron chi connectivity index (χ2n) is 12.9. The van der Waals surface area contributed by atoms with Gasteiger partial charge in [-0.15, -0.1) is 0 Å². The van der Waals surface area contributed by atoms with Gasteiger partial charge in [0, 0.05) is 12.1 Å². The van der Waals surface area contributed by atoms with Crippen LogP contribution in [0.1, 0.15) is 103 Å². The SMILES string of the molecule is CCCCCCOc1cc(C)cc(COc2cc(COc3ccc([N+](=O)[O-])c(C=O)c3)cc(OCc3cc(C)cc(OCCCCCC)c3)c2)c1. The molecular formula is C42H51NO8. The highest BCUT2D eigenvalue weighted by Crippen LogP contribution is 2.29. The van der Waals surface area contributed by atoms with Crippen LogP contribution in [0.3, 0.4) is 0 Å². The number of nitrogens with zero attached hydrogens (tertiary/aromatic N) is 1. The van der Waals surface area contributed by atoms with Gasteiger partial charge in [0.25, 0.3) is 5.69 Å². The van der Waals surface area contributed by atoms with Crippen LogP contribution in [-0.2, 0) is 19.8 Å². The quantitative estimate of drug-likeness (QED) is 0.0326. The molecule has 0 radical (unpaired) electrons. The van der Waals surface area contributed by atoms with Gasteiger partial charge in [0.05, 0.1) is 23.7 Å². The van der Waals surface area contributed by atoms with Crippen LogP contribution in [0.25, 0.3) is 0 Å². The number of ether oxygens (including phenoxy) is 5. The second-order valence-corrected chi connectivity index (χ2v) is 12.9. The minimum atomic E-state index is -0.591. The molecule has 0 saturated carbocycles. The Morgan fingerprint density at radius 3 is 1.45 bits per heavy atom. The molecule has 9 nitrogen and oxygen atoms in total. The van der Waals surface area contributed by atoms with Gasteiger partial charge in [0.15, 0.2) is 6.29 Å². The summed E-state index contributed by atoms with van der Waals surface area (Å²) in [5, 5.41) is 11.3. The highest BCUT2D eigenvalue weighted by Gasteiger charge is 2.15. The maximum atomic E-state index is 11.5. The Morgan fingerprint density at radius 1 is 0.549 bits per heavy atom. The van der Waals surface area contributed by atoms with Gasteiger partial charge in [-0.25, -0.2) is 0 Å². The number of nitro groups is 1. The molecule has 0 atom stereocenters. The summed E-state index contributed by atoms with van der Waals surface area (Å²) in [7, 11) is 0. The van der Waals surface area contributed by atoms with Crippen molar-refractivity contribution in [2.24, 2.45) is 0 Å². The first-order chi connectivity index (χ1) is 24.8. The fourth-order valence-electron chi connectivity index (χ4n) is 5.68. The molecule has 0 amide bonds. The molecule has 272 valence electrons. The van der Waals surface area contributed by atoms with Gasteiger partial charge < -0.3 is 23.7 Å². The summed E-state index contributed by atoms with van der Waals surface area (Å²) in [5.41, 5.74) is 4.58. The molecule has 0 aliphatic carbocycles. The lowest BCUT2D eigenvalue weighted by atomic mass is 10.1. The molecular weight excluding hydrogens is 646 g/mol. The van der Waals surface area contributed by atoms with Crippen LogP contribution >= 0.6 is 0 Å². The minimum absolute atomic E-state index is 0.0523. The Bertz CT molecular complexity index is 1630. The normalized spacial score (nSPS) is 10.8. The average Bonchev–Trinajstić information content (AvgIpc) is 3.11. The summed E-state index contributed by atoms with van der Waals surface area (Å²) in [4.78, 5) is 22.2. The maximum absolute atomic E-state index is 11.5. The van der Waals surface area contributed by atoms with E-state index in [0.717, 1.165) is 65.0 Å². The number of carbonyl (C=O) groups excluding carboxylic acids is 1. The Balaban J connectivity index is 1.49. The molecule has 0 heterocycles. The van der Waals surface area contributed by atoms with Gasteiger partial charge in [-0.3, -0.25) is 14.9 Å². The molecule has 0 spiro atoms. The molecule has 0 unspecified atom stereocenters. The fraction of sp³-hybridized carbons (Fsp3) is 0.405. The third-order valence-electron chi connectivity index (χ3n) is 8.23. The standard InChI is InChI=1S/C42H51NO8/c1-5-7-9-11-15-47-38-19-31(3)17-33(21-38)28-50-40-23-35(30-49-37-13-14-42(43(45)46)36(25-37)27-44)24-41(26-40)51-29-34-18-32(4)20-39(22-34)48-16-12-10-8-6-2/h13-14,17-27H,5-12,15-16,28-30H2,1-4H3. The lowest BCUT2D eigenvalue weighted by Crippen LogP contribution is -2.03. The highest BCUT2D eigenvalue weighted by atomic mass is 16.6. The van der Waals surface area contributed by atoms with Crippen molar-refractivity contribution in [1.29, 1.82) is 0 Å². The molecule has 0 bridgehead atoms. The predicted molar refractivity (Wildman–Crippen MR) is 200 cm³/mol. The Morgan fingerprint density at radius 2 is 1.00 bits per heavy atom. The molecule has 9 heteroatoms. The highest BCUT2D eigenvalue weighted by molar-refractivity contribution is 5.82. The van der Waals surface area contributed by atoms with Gasteiger partial charge in [0.1, 0.15) is 48.6 Å². The van der Waals surface area contributed by atoms with E-state index >= 15 is 0 Å². The molecule has 4 aromatic carbocycles. The largest absolute Gasteiger partial charge is 0.494 e. The van der Waals surface area contributed by atoms with Crippen molar-refractivity contribution in [3.63, 3.8) is 0 Å². The monoisotopic (exact) mass is 697 g/mol. The van der Waals surface area contributed by atoms with Crippen LogP contribution < -0.4 is 23.7 Å². The first-order valence-corrected chi connectivity index (χ1v) is 18.0. The number of hydrogen-bond acceptors (Lipinski definition) is 8. The summed E-state index contributed by atoms with van der Waals surface area (Å²) < 4.78 is 30.7. The molecule has 0 aromatic heterocycles. The van der Waals surface area contributed by atoms with Crippen molar-refractivity contribution in [3.8, 4) is 28.7 Å². The van der Waals surface area contributed by atoms with E-state index in [0.29, 0.717) is 50.0 Å². The van der Waals surface area contributed by atoms with Crippen LogP contribution in [-0.4, -0.2) is 24.4 Å². The van der Waals surface area contributed by atoms with E-state index in [2.05, 4.69) is 26.0 Å². The van der Waals surface area contributed by atoms with Gasteiger partial charge in [0.2, 0.25) is 0 Å². The van der Waals surface area contributed by atoms with Gasteiger partial charge in [-0.05, 0) is 103 Å². The van der Waals surface area contributed by atoms with E-state index in [9.17, 15) is 14.9 Å². The van der Waals surface area contributed by atoms with Crippen molar-refractivity contribution in [3.05, 3.63) is 116 Å².